The van der Waals surface area contributed by atoms with Crippen LogP contribution in [0.2, 0.25) is 0 Å². The van der Waals surface area contributed by atoms with Gasteiger partial charge in [-0.25, -0.2) is 0 Å². The van der Waals surface area contributed by atoms with Crippen LogP contribution in [-0.2, 0) is 23.7 Å². The monoisotopic (exact) mass is 726 g/mol. The van der Waals surface area contributed by atoms with Gasteiger partial charge in [0.05, 0.1) is 31.5 Å². The lowest BCUT2D eigenvalue weighted by Crippen LogP contribution is -2.53. The van der Waals surface area contributed by atoms with Gasteiger partial charge in [-0.15, -0.1) is 0 Å². The molecule has 0 aliphatic rings. The van der Waals surface area contributed by atoms with E-state index in [4.69, 9.17) is 18.9 Å². The Hall–Kier alpha value is -0.690. The third-order valence-electron chi connectivity index (χ3n) is 10.7. The quantitative estimate of drug-likeness (QED) is 0.0636. The number of carbonyl (C=O) groups excluding carboxylic acids is 1. The van der Waals surface area contributed by atoms with Gasteiger partial charge in [-0.3, -0.25) is 4.79 Å². The van der Waals surface area contributed by atoms with Crippen LogP contribution in [-0.4, -0.2) is 63.3 Å². The molecule has 0 aromatic carbocycles. The van der Waals surface area contributed by atoms with Crippen LogP contribution in [0.4, 0.5) is 0 Å². The Morgan fingerprint density at radius 3 is 1.12 bits per heavy atom. The molecule has 0 aromatic heterocycles. The number of unbranched alkanes of at least 4 members (excludes halogenated alkanes) is 26. The molecule has 0 bridgehead atoms. The lowest BCUT2D eigenvalue weighted by atomic mass is 10.0. The average Bonchev–Trinajstić information content (AvgIpc) is 3.13. The minimum absolute atomic E-state index is 0.109. The SMILES string of the molecule is CCCCCCCCCCCCCCCCOCC(COCCCCCCCCCCCCCCCC)NC(=O)C(C)(CC)OCC(C)(C)OC. The summed E-state index contributed by atoms with van der Waals surface area (Å²) in [5, 5.41) is 3.21. The number of hydrogen-bond acceptors (Lipinski definition) is 5. The molecule has 0 saturated carbocycles. The van der Waals surface area contributed by atoms with Crippen LogP contribution in [0.3, 0.4) is 0 Å². The van der Waals surface area contributed by atoms with Gasteiger partial charge in [0.25, 0.3) is 5.91 Å². The molecule has 0 radical (unpaired) electrons. The van der Waals surface area contributed by atoms with Crippen molar-refractivity contribution in [2.24, 2.45) is 0 Å². The number of rotatable bonds is 41. The average molecular weight is 726 g/mol. The van der Waals surface area contributed by atoms with Crippen LogP contribution in [0.15, 0.2) is 0 Å². The molecular formula is C45H91NO5. The number of methoxy groups -OCH3 is 1. The van der Waals surface area contributed by atoms with Crippen molar-refractivity contribution in [3.05, 3.63) is 0 Å². The topological polar surface area (TPSA) is 66.0 Å². The molecule has 1 amide bonds. The highest BCUT2D eigenvalue weighted by Crippen LogP contribution is 2.20. The molecule has 0 aliphatic heterocycles. The second kappa shape index (κ2) is 36.3. The van der Waals surface area contributed by atoms with E-state index in [1.165, 1.54) is 167 Å². The first-order valence-corrected chi connectivity index (χ1v) is 22.4. The molecule has 0 spiro atoms. The summed E-state index contributed by atoms with van der Waals surface area (Å²) in [5.74, 6) is -0.109. The smallest absolute Gasteiger partial charge is 0.252 e. The molecule has 1 atom stereocenters. The zero-order valence-corrected chi connectivity index (χ0v) is 35.7. The summed E-state index contributed by atoms with van der Waals surface area (Å²) < 4.78 is 23.9. The third-order valence-corrected chi connectivity index (χ3v) is 10.7. The summed E-state index contributed by atoms with van der Waals surface area (Å²) in [6, 6.07) is -0.194. The summed E-state index contributed by atoms with van der Waals surface area (Å²) in [4.78, 5) is 13.5. The van der Waals surface area contributed by atoms with Crippen LogP contribution < -0.4 is 5.32 Å². The van der Waals surface area contributed by atoms with Gasteiger partial charge in [-0.05, 0) is 40.0 Å². The van der Waals surface area contributed by atoms with Crippen molar-refractivity contribution in [1.82, 2.24) is 5.32 Å². The van der Waals surface area contributed by atoms with E-state index in [9.17, 15) is 4.79 Å². The van der Waals surface area contributed by atoms with Gasteiger partial charge in [-0.2, -0.15) is 0 Å². The highest BCUT2D eigenvalue weighted by Gasteiger charge is 2.35. The fourth-order valence-corrected chi connectivity index (χ4v) is 6.44. The molecule has 0 aliphatic carbocycles. The van der Waals surface area contributed by atoms with Crippen LogP contribution in [0.1, 0.15) is 228 Å². The Bertz CT molecular complexity index is 695. The van der Waals surface area contributed by atoms with Gasteiger partial charge in [-0.1, -0.05) is 188 Å². The Labute approximate surface area is 319 Å². The maximum Gasteiger partial charge on any atom is 0.252 e. The molecule has 0 aromatic rings. The molecule has 0 rings (SSSR count). The molecule has 0 saturated heterocycles. The summed E-state index contributed by atoms with van der Waals surface area (Å²) in [5.41, 5.74) is -1.39. The molecule has 6 nitrogen and oxygen atoms in total. The standard InChI is InChI=1S/C45H91NO5/c1-8-11-13-15-17-19-21-23-25-27-29-31-33-35-37-49-39-42(46-43(47)45(6,10-3)51-41-44(4,5)48-7)40-50-38-36-34-32-30-28-26-24-22-20-18-16-14-12-9-2/h42H,8-41H2,1-7H3,(H,46,47). The summed E-state index contributed by atoms with van der Waals surface area (Å²) in [6.07, 6.45) is 38.3. The Morgan fingerprint density at radius 2 is 0.824 bits per heavy atom. The third kappa shape index (κ3) is 32.5. The molecule has 51 heavy (non-hydrogen) atoms. The zero-order chi connectivity index (χ0) is 37.7. The van der Waals surface area contributed by atoms with Gasteiger partial charge < -0.3 is 24.3 Å². The van der Waals surface area contributed by atoms with Crippen molar-refractivity contribution >= 4 is 5.91 Å². The molecule has 1 N–H and O–H groups in total. The predicted octanol–water partition coefficient (Wildman–Crippen LogP) is 13.1. The first-order valence-electron chi connectivity index (χ1n) is 22.4. The van der Waals surface area contributed by atoms with Crippen LogP contribution in [0.25, 0.3) is 0 Å². The number of carbonyl (C=O) groups is 1. The molecular weight excluding hydrogens is 634 g/mol. The van der Waals surface area contributed by atoms with Crippen molar-refractivity contribution in [1.29, 1.82) is 0 Å². The second-order valence-electron chi connectivity index (χ2n) is 16.3. The number of amides is 1. The second-order valence-corrected chi connectivity index (χ2v) is 16.3. The summed E-state index contributed by atoms with van der Waals surface area (Å²) in [7, 11) is 1.67. The van der Waals surface area contributed by atoms with Crippen LogP contribution in [0.5, 0.6) is 0 Å². The highest BCUT2D eigenvalue weighted by atomic mass is 16.5. The van der Waals surface area contributed by atoms with Gasteiger partial charge in [0.15, 0.2) is 0 Å². The van der Waals surface area contributed by atoms with E-state index in [-0.39, 0.29) is 11.9 Å². The molecule has 306 valence electrons. The van der Waals surface area contributed by atoms with E-state index in [1.54, 1.807) is 7.11 Å². The molecule has 0 heterocycles. The Morgan fingerprint density at radius 1 is 0.510 bits per heavy atom. The van der Waals surface area contributed by atoms with Crippen molar-refractivity contribution in [2.75, 3.05) is 40.1 Å². The minimum atomic E-state index is -0.933. The first kappa shape index (κ1) is 50.3. The Balaban J connectivity index is 4.33. The maximum atomic E-state index is 13.5. The number of hydrogen-bond donors (Lipinski definition) is 1. The molecule has 1 unspecified atom stereocenters. The molecule has 6 heteroatoms. The van der Waals surface area contributed by atoms with E-state index >= 15 is 0 Å². The van der Waals surface area contributed by atoms with E-state index < -0.39 is 11.2 Å². The van der Waals surface area contributed by atoms with Crippen molar-refractivity contribution in [2.45, 2.75) is 245 Å². The summed E-state index contributed by atoms with van der Waals surface area (Å²) in [6.45, 7) is 15.1. The van der Waals surface area contributed by atoms with Gasteiger partial charge in [0.1, 0.15) is 5.60 Å². The van der Waals surface area contributed by atoms with E-state index in [2.05, 4.69) is 19.2 Å². The van der Waals surface area contributed by atoms with Gasteiger partial charge in [0, 0.05) is 20.3 Å². The van der Waals surface area contributed by atoms with Gasteiger partial charge >= 0.3 is 0 Å². The highest BCUT2D eigenvalue weighted by molar-refractivity contribution is 5.85. The number of nitrogens with one attached hydrogen (secondary N) is 1. The van der Waals surface area contributed by atoms with Crippen LogP contribution >= 0.6 is 0 Å². The van der Waals surface area contributed by atoms with E-state index in [0.29, 0.717) is 26.2 Å². The fraction of sp³-hybridized carbons (Fsp3) is 0.978. The van der Waals surface area contributed by atoms with Gasteiger partial charge in [0.2, 0.25) is 0 Å². The lowest BCUT2D eigenvalue weighted by Gasteiger charge is -2.33. The van der Waals surface area contributed by atoms with E-state index in [0.717, 1.165) is 26.1 Å². The maximum absolute atomic E-state index is 13.5. The van der Waals surface area contributed by atoms with Crippen molar-refractivity contribution in [3.8, 4) is 0 Å². The summed E-state index contributed by atoms with van der Waals surface area (Å²) >= 11 is 0. The number of ether oxygens (including phenoxy) is 4. The van der Waals surface area contributed by atoms with Crippen molar-refractivity contribution < 1.29 is 23.7 Å². The fourth-order valence-electron chi connectivity index (χ4n) is 6.44. The Kier molecular flexibility index (Phi) is 35.8. The zero-order valence-electron chi connectivity index (χ0n) is 35.7. The van der Waals surface area contributed by atoms with Crippen LogP contribution in [0, 0.1) is 0 Å². The lowest BCUT2D eigenvalue weighted by molar-refractivity contribution is -0.158. The van der Waals surface area contributed by atoms with E-state index in [1.807, 2.05) is 27.7 Å². The minimum Gasteiger partial charge on any atom is -0.379 e. The normalized spacial score (nSPS) is 13.3. The first-order chi connectivity index (χ1) is 24.7. The van der Waals surface area contributed by atoms with Crippen molar-refractivity contribution in [3.63, 3.8) is 0 Å². The molecule has 0 fully saturated rings. The predicted molar refractivity (Wildman–Crippen MR) is 220 cm³/mol. The largest absolute Gasteiger partial charge is 0.379 e.